The van der Waals surface area contributed by atoms with Crippen LogP contribution < -0.4 is 4.74 Å². The van der Waals surface area contributed by atoms with Gasteiger partial charge in [0.2, 0.25) is 5.91 Å². The second-order valence-corrected chi connectivity index (χ2v) is 6.47. The summed E-state index contributed by atoms with van der Waals surface area (Å²) < 4.78 is 5.15. The van der Waals surface area contributed by atoms with Crippen LogP contribution in [0.3, 0.4) is 0 Å². The second-order valence-electron chi connectivity index (χ2n) is 5.62. The molecule has 2 aromatic rings. The minimum absolute atomic E-state index is 0.0257. The number of hydrogen-bond acceptors (Lipinski definition) is 5. The van der Waals surface area contributed by atoms with Gasteiger partial charge in [-0.05, 0) is 37.1 Å². The van der Waals surface area contributed by atoms with Gasteiger partial charge in [-0.3, -0.25) is 4.79 Å². The maximum absolute atomic E-state index is 12.4. The van der Waals surface area contributed by atoms with Crippen molar-refractivity contribution in [1.29, 1.82) is 0 Å². The molecule has 0 bridgehead atoms. The summed E-state index contributed by atoms with van der Waals surface area (Å²) in [5.74, 6) is 0.859. The summed E-state index contributed by atoms with van der Waals surface area (Å²) in [6.45, 7) is 0.777. The largest absolute Gasteiger partial charge is 0.497 e. The first-order valence-electron chi connectivity index (χ1n) is 7.70. The van der Waals surface area contributed by atoms with E-state index in [4.69, 9.17) is 4.74 Å². The Morgan fingerprint density at radius 1 is 1.43 bits per heavy atom. The van der Waals surface area contributed by atoms with Crippen molar-refractivity contribution in [3.05, 3.63) is 35.3 Å². The van der Waals surface area contributed by atoms with Gasteiger partial charge in [0, 0.05) is 17.5 Å². The molecule has 0 saturated carbocycles. The highest BCUT2D eigenvalue weighted by atomic mass is 32.1. The topological polar surface area (TPSA) is 62.7 Å². The number of carbonyl (C=O) groups excluding carboxylic acids is 1. The maximum atomic E-state index is 12.4. The van der Waals surface area contributed by atoms with Crippen LogP contribution in [0.1, 0.15) is 18.5 Å². The maximum Gasteiger partial charge on any atom is 0.228 e. The van der Waals surface area contributed by atoms with Crippen LogP contribution in [0.5, 0.6) is 5.75 Å². The van der Waals surface area contributed by atoms with Crippen LogP contribution in [0.2, 0.25) is 0 Å². The van der Waals surface area contributed by atoms with Crippen LogP contribution in [0.15, 0.2) is 29.6 Å². The van der Waals surface area contributed by atoms with Gasteiger partial charge in [-0.2, -0.15) is 0 Å². The number of likely N-dealkylation sites (tertiary alicyclic amines) is 1. The molecule has 6 heteroatoms. The molecule has 0 spiro atoms. The van der Waals surface area contributed by atoms with E-state index in [2.05, 4.69) is 4.98 Å². The van der Waals surface area contributed by atoms with Crippen molar-refractivity contribution in [3.63, 3.8) is 0 Å². The number of aliphatic hydroxyl groups is 1. The van der Waals surface area contributed by atoms with Crippen LogP contribution in [0, 0.1) is 0 Å². The zero-order chi connectivity index (χ0) is 16.2. The van der Waals surface area contributed by atoms with Crippen molar-refractivity contribution < 1.29 is 14.6 Å². The first-order chi connectivity index (χ1) is 11.2. The number of aliphatic hydroxyl groups excluding tert-OH is 1. The summed E-state index contributed by atoms with van der Waals surface area (Å²) in [5, 5.41) is 12.2. The van der Waals surface area contributed by atoms with E-state index in [-0.39, 0.29) is 18.6 Å². The first kappa shape index (κ1) is 16.0. The molecular weight excluding hydrogens is 312 g/mol. The summed E-state index contributed by atoms with van der Waals surface area (Å²) in [5.41, 5.74) is 1.80. The minimum Gasteiger partial charge on any atom is -0.497 e. The fourth-order valence-corrected chi connectivity index (χ4v) is 3.69. The van der Waals surface area contributed by atoms with Crippen LogP contribution in [-0.2, 0) is 11.2 Å². The molecule has 1 fully saturated rings. The lowest BCUT2D eigenvalue weighted by Gasteiger charge is -2.22. The lowest BCUT2D eigenvalue weighted by molar-refractivity contribution is -0.132. The fraction of sp³-hybridized carbons (Fsp3) is 0.412. The molecular formula is C17H20N2O3S. The number of hydrogen-bond donors (Lipinski definition) is 1. The van der Waals surface area contributed by atoms with E-state index in [0.717, 1.165) is 41.4 Å². The van der Waals surface area contributed by atoms with Gasteiger partial charge < -0.3 is 14.7 Å². The van der Waals surface area contributed by atoms with Crippen molar-refractivity contribution in [2.24, 2.45) is 0 Å². The van der Waals surface area contributed by atoms with Gasteiger partial charge in [-0.1, -0.05) is 0 Å². The van der Waals surface area contributed by atoms with E-state index in [1.807, 2.05) is 29.6 Å². The Morgan fingerprint density at radius 3 is 2.91 bits per heavy atom. The van der Waals surface area contributed by atoms with Crippen molar-refractivity contribution in [3.8, 4) is 16.3 Å². The number of carbonyl (C=O) groups is 1. The van der Waals surface area contributed by atoms with Crippen LogP contribution in [0.4, 0.5) is 0 Å². The Balaban J connectivity index is 1.68. The number of aromatic nitrogens is 1. The third-order valence-corrected chi connectivity index (χ3v) is 5.07. The Morgan fingerprint density at radius 2 is 2.22 bits per heavy atom. The first-order valence-corrected chi connectivity index (χ1v) is 8.58. The molecule has 1 N–H and O–H groups in total. The third kappa shape index (κ3) is 3.54. The zero-order valence-corrected chi connectivity index (χ0v) is 13.9. The Labute approximate surface area is 139 Å². The van der Waals surface area contributed by atoms with E-state index < -0.39 is 0 Å². The van der Waals surface area contributed by atoms with Crippen molar-refractivity contribution >= 4 is 17.2 Å². The molecule has 5 nitrogen and oxygen atoms in total. The van der Waals surface area contributed by atoms with E-state index in [0.29, 0.717) is 6.42 Å². The standard InChI is InChI=1S/C17H20N2O3S/c1-22-15-6-4-12(5-7-15)17-18-13(11-23-17)9-16(21)19-8-2-3-14(19)10-20/h4-7,11,14,20H,2-3,8-10H2,1H3/t14-/m0/s1. The molecule has 1 atom stereocenters. The number of methoxy groups -OCH3 is 1. The summed E-state index contributed by atoms with van der Waals surface area (Å²) in [7, 11) is 1.64. The van der Waals surface area contributed by atoms with Gasteiger partial charge in [-0.15, -0.1) is 11.3 Å². The lowest BCUT2D eigenvalue weighted by atomic mass is 10.2. The molecule has 0 unspecified atom stereocenters. The average Bonchev–Trinajstić information content (AvgIpc) is 3.23. The quantitative estimate of drug-likeness (QED) is 0.913. The van der Waals surface area contributed by atoms with Gasteiger partial charge in [0.05, 0.1) is 31.9 Å². The molecule has 2 heterocycles. The number of rotatable bonds is 5. The van der Waals surface area contributed by atoms with E-state index in [1.165, 1.54) is 11.3 Å². The van der Waals surface area contributed by atoms with Crippen molar-refractivity contribution in [1.82, 2.24) is 9.88 Å². The lowest BCUT2D eigenvalue weighted by Crippen LogP contribution is -2.38. The van der Waals surface area contributed by atoms with Crippen molar-refractivity contribution in [2.45, 2.75) is 25.3 Å². The summed E-state index contributed by atoms with van der Waals surface area (Å²) in [6.07, 6.45) is 2.14. The average molecular weight is 332 g/mol. The predicted octanol–water partition coefficient (Wildman–Crippen LogP) is 2.34. The Hall–Kier alpha value is -1.92. The second kappa shape index (κ2) is 7.10. The van der Waals surface area contributed by atoms with Crippen LogP contribution in [-0.4, -0.2) is 47.2 Å². The monoisotopic (exact) mass is 332 g/mol. The molecule has 122 valence electrons. The molecule has 3 rings (SSSR count). The highest BCUT2D eigenvalue weighted by Crippen LogP contribution is 2.26. The normalized spacial score (nSPS) is 17.5. The molecule has 1 saturated heterocycles. The van der Waals surface area contributed by atoms with Gasteiger partial charge in [0.25, 0.3) is 0 Å². The van der Waals surface area contributed by atoms with E-state index in [9.17, 15) is 9.90 Å². The third-order valence-electron chi connectivity index (χ3n) is 4.13. The number of thiazole rings is 1. The molecule has 1 aliphatic heterocycles. The smallest absolute Gasteiger partial charge is 0.228 e. The fourth-order valence-electron chi connectivity index (χ4n) is 2.86. The van der Waals surface area contributed by atoms with Gasteiger partial charge >= 0.3 is 0 Å². The highest BCUT2D eigenvalue weighted by Gasteiger charge is 2.28. The van der Waals surface area contributed by atoms with E-state index >= 15 is 0 Å². The number of amides is 1. The zero-order valence-electron chi connectivity index (χ0n) is 13.1. The predicted molar refractivity (Wildman–Crippen MR) is 89.6 cm³/mol. The van der Waals surface area contributed by atoms with Gasteiger partial charge in [-0.25, -0.2) is 4.98 Å². The highest BCUT2D eigenvalue weighted by molar-refractivity contribution is 7.13. The summed E-state index contributed by atoms with van der Waals surface area (Å²) in [4.78, 5) is 18.7. The van der Waals surface area contributed by atoms with Crippen LogP contribution >= 0.6 is 11.3 Å². The number of ether oxygens (including phenoxy) is 1. The molecule has 0 radical (unpaired) electrons. The Bertz CT molecular complexity index is 669. The number of benzene rings is 1. The molecule has 0 aliphatic carbocycles. The number of nitrogens with zero attached hydrogens (tertiary/aromatic N) is 2. The molecule has 1 amide bonds. The summed E-state index contributed by atoms with van der Waals surface area (Å²) >= 11 is 1.54. The van der Waals surface area contributed by atoms with Crippen molar-refractivity contribution in [2.75, 3.05) is 20.3 Å². The van der Waals surface area contributed by atoms with Crippen LogP contribution in [0.25, 0.3) is 10.6 Å². The Kier molecular flexibility index (Phi) is 4.93. The minimum atomic E-state index is -0.0257. The molecule has 23 heavy (non-hydrogen) atoms. The van der Waals surface area contributed by atoms with Gasteiger partial charge in [0.1, 0.15) is 10.8 Å². The molecule has 1 aromatic heterocycles. The SMILES string of the molecule is COc1ccc(-c2nc(CC(=O)N3CCC[C@H]3CO)cs2)cc1. The van der Waals surface area contributed by atoms with Gasteiger partial charge in [0.15, 0.2) is 0 Å². The van der Waals surface area contributed by atoms with E-state index in [1.54, 1.807) is 12.0 Å². The molecule has 1 aromatic carbocycles. The summed E-state index contributed by atoms with van der Waals surface area (Å²) in [6, 6.07) is 7.70. The molecule has 1 aliphatic rings.